The van der Waals surface area contributed by atoms with Crippen molar-refractivity contribution in [2.45, 2.75) is 26.8 Å². The Morgan fingerprint density at radius 3 is 2.58 bits per heavy atom. The summed E-state index contributed by atoms with van der Waals surface area (Å²) >= 11 is 0. The van der Waals surface area contributed by atoms with Gasteiger partial charge in [0.2, 0.25) is 5.91 Å². The predicted octanol–water partition coefficient (Wildman–Crippen LogP) is 3.20. The highest BCUT2D eigenvalue weighted by atomic mass is 16.3. The number of benzene rings is 1. The number of carbonyl (C=O) groups is 1. The summed E-state index contributed by atoms with van der Waals surface area (Å²) in [5.41, 5.74) is 4.19. The zero-order chi connectivity index (χ0) is 17.4. The Morgan fingerprint density at radius 2 is 2.00 bits per heavy atom. The number of aliphatic hydroxyl groups excluding tert-OH is 1. The minimum Gasteiger partial charge on any atom is -0.395 e. The Kier molecular flexibility index (Phi) is 6.70. The van der Waals surface area contributed by atoms with Crippen LogP contribution in [0.3, 0.4) is 0 Å². The number of carbonyl (C=O) groups excluding carboxylic acids is 1. The van der Waals surface area contributed by atoms with Crippen LogP contribution >= 0.6 is 0 Å². The smallest absolute Gasteiger partial charge is 0.247 e. The molecule has 0 atom stereocenters. The average molecular weight is 324 g/mol. The number of pyridine rings is 1. The van der Waals surface area contributed by atoms with Crippen LogP contribution in [0.1, 0.15) is 30.0 Å². The summed E-state index contributed by atoms with van der Waals surface area (Å²) in [5.74, 6) is -0.0923. The molecule has 0 fully saturated rings. The van der Waals surface area contributed by atoms with Gasteiger partial charge in [-0.2, -0.15) is 0 Å². The molecule has 4 heteroatoms. The highest BCUT2D eigenvalue weighted by molar-refractivity contribution is 5.95. The summed E-state index contributed by atoms with van der Waals surface area (Å²) in [6.45, 7) is 4.76. The molecule has 0 bridgehead atoms. The number of aliphatic hydroxyl groups is 1. The molecule has 1 N–H and O–H groups in total. The van der Waals surface area contributed by atoms with E-state index in [0.717, 1.165) is 23.1 Å². The van der Waals surface area contributed by atoms with E-state index in [0.29, 0.717) is 13.1 Å². The van der Waals surface area contributed by atoms with Gasteiger partial charge in [-0.3, -0.25) is 9.78 Å². The van der Waals surface area contributed by atoms with Crippen molar-refractivity contribution in [3.05, 3.63) is 71.6 Å². The summed E-state index contributed by atoms with van der Waals surface area (Å²) in [5, 5.41) is 9.27. The van der Waals surface area contributed by atoms with Crippen LogP contribution < -0.4 is 0 Å². The minimum absolute atomic E-state index is 0.0637. The van der Waals surface area contributed by atoms with E-state index in [-0.39, 0.29) is 12.5 Å². The van der Waals surface area contributed by atoms with Crippen molar-refractivity contribution in [1.29, 1.82) is 0 Å². The van der Waals surface area contributed by atoms with Crippen molar-refractivity contribution in [2.24, 2.45) is 0 Å². The third-order valence-electron chi connectivity index (χ3n) is 3.88. The monoisotopic (exact) mass is 324 g/mol. The molecule has 1 aromatic heterocycles. The van der Waals surface area contributed by atoms with E-state index in [1.807, 2.05) is 50.2 Å². The SMILES string of the molecule is CC/C(=C/C(=O)N(CCO)Cc1cccnc1)c1ccc(C)cc1. The second-order valence-corrected chi connectivity index (χ2v) is 5.73. The van der Waals surface area contributed by atoms with Crippen molar-refractivity contribution in [3.63, 3.8) is 0 Å². The first-order valence-corrected chi connectivity index (χ1v) is 8.20. The molecule has 126 valence electrons. The lowest BCUT2D eigenvalue weighted by Crippen LogP contribution is -2.32. The number of aromatic nitrogens is 1. The number of aryl methyl sites for hydroxylation is 1. The Hall–Kier alpha value is -2.46. The molecule has 0 saturated carbocycles. The van der Waals surface area contributed by atoms with Crippen molar-refractivity contribution < 1.29 is 9.90 Å². The van der Waals surface area contributed by atoms with Gasteiger partial charge < -0.3 is 10.0 Å². The number of amides is 1. The maximum absolute atomic E-state index is 12.7. The van der Waals surface area contributed by atoms with E-state index in [2.05, 4.69) is 4.98 Å². The summed E-state index contributed by atoms with van der Waals surface area (Å²) in [6, 6.07) is 11.9. The number of rotatable bonds is 7. The van der Waals surface area contributed by atoms with Gasteiger partial charge in [0.25, 0.3) is 0 Å². The quantitative estimate of drug-likeness (QED) is 0.796. The van der Waals surface area contributed by atoms with Gasteiger partial charge >= 0.3 is 0 Å². The van der Waals surface area contributed by atoms with E-state index in [9.17, 15) is 9.90 Å². The first kappa shape index (κ1) is 17.9. The van der Waals surface area contributed by atoms with Crippen LogP contribution in [-0.4, -0.2) is 34.0 Å². The fraction of sp³-hybridized carbons (Fsp3) is 0.300. The van der Waals surface area contributed by atoms with E-state index < -0.39 is 0 Å². The second-order valence-electron chi connectivity index (χ2n) is 5.73. The molecule has 1 heterocycles. The Morgan fingerprint density at radius 1 is 1.25 bits per heavy atom. The molecule has 0 saturated heterocycles. The van der Waals surface area contributed by atoms with Gasteiger partial charge in [0, 0.05) is 31.6 Å². The van der Waals surface area contributed by atoms with E-state index in [1.54, 1.807) is 23.4 Å². The second kappa shape index (κ2) is 8.99. The van der Waals surface area contributed by atoms with Gasteiger partial charge in [-0.15, -0.1) is 0 Å². The van der Waals surface area contributed by atoms with Gasteiger partial charge in [0.15, 0.2) is 0 Å². The summed E-state index contributed by atoms with van der Waals surface area (Å²) in [6.07, 6.45) is 5.89. The van der Waals surface area contributed by atoms with Crippen LogP contribution in [0.5, 0.6) is 0 Å². The van der Waals surface area contributed by atoms with Crippen LogP contribution in [0.2, 0.25) is 0 Å². The number of allylic oxidation sites excluding steroid dienone is 1. The lowest BCUT2D eigenvalue weighted by atomic mass is 10.0. The zero-order valence-corrected chi connectivity index (χ0v) is 14.3. The molecule has 1 aromatic carbocycles. The zero-order valence-electron chi connectivity index (χ0n) is 14.3. The molecular weight excluding hydrogens is 300 g/mol. The lowest BCUT2D eigenvalue weighted by molar-refractivity contribution is -0.127. The summed E-state index contributed by atoms with van der Waals surface area (Å²) in [4.78, 5) is 18.4. The van der Waals surface area contributed by atoms with Gasteiger partial charge in [-0.25, -0.2) is 0 Å². The molecule has 2 aromatic rings. The normalized spacial score (nSPS) is 11.4. The first-order chi connectivity index (χ1) is 11.6. The molecule has 24 heavy (non-hydrogen) atoms. The van der Waals surface area contributed by atoms with E-state index in [1.165, 1.54) is 5.56 Å². The fourth-order valence-corrected chi connectivity index (χ4v) is 2.50. The van der Waals surface area contributed by atoms with E-state index >= 15 is 0 Å². The van der Waals surface area contributed by atoms with Crippen molar-refractivity contribution in [1.82, 2.24) is 9.88 Å². The molecule has 0 aliphatic heterocycles. The minimum atomic E-state index is -0.0923. The predicted molar refractivity (Wildman–Crippen MR) is 96.2 cm³/mol. The Bertz CT molecular complexity index is 679. The molecule has 0 unspecified atom stereocenters. The molecule has 0 aliphatic carbocycles. The van der Waals surface area contributed by atoms with Gasteiger partial charge in [-0.05, 0) is 36.1 Å². The maximum atomic E-state index is 12.7. The van der Waals surface area contributed by atoms with Gasteiger partial charge in [0.05, 0.1) is 6.61 Å². The standard InChI is InChI=1S/C20H24N2O2/c1-3-18(19-8-6-16(2)7-9-19)13-20(24)22(11-12-23)15-17-5-4-10-21-14-17/h4-10,13-14,23H,3,11-12,15H2,1-2H3/b18-13-. The summed E-state index contributed by atoms with van der Waals surface area (Å²) < 4.78 is 0. The van der Waals surface area contributed by atoms with Gasteiger partial charge in [0.1, 0.15) is 0 Å². The molecular formula is C20H24N2O2. The number of hydrogen-bond donors (Lipinski definition) is 1. The average Bonchev–Trinajstić information content (AvgIpc) is 2.61. The van der Waals surface area contributed by atoms with E-state index in [4.69, 9.17) is 0 Å². The number of hydrogen-bond acceptors (Lipinski definition) is 3. The highest BCUT2D eigenvalue weighted by Crippen LogP contribution is 2.19. The van der Waals surface area contributed by atoms with Crippen molar-refractivity contribution in [3.8, 4) is 0 Å². The summed E-state index contributed by atoms with van der Waals surface area (Å²) in [7, 11) is 0. The third-order valence-corrected chi connectivity index (χ3v) is 3.88. The largest absolute Gasteiger partial charge is 0.395 e. The molecule has 1 amide bonds. The van der Waals surface area contributed by atoms with Crippen LogP contribution in [0.25, 0.3) is 5.57 Å². The van der Waals surface area contributed by atoms with Crippen LogP contribution in [0.15, 0.2) is 54.9 Å². The fourth-order valence-electron chi connectivity index (χ4n) is 2.50. The lowest BCUT2D eigenvalue weighted by Gasteiger charge is -2.21. The molecule has 2 rings (SSSR count). The molecule has 0 radical (unpaired) electrons. The van der Waals surface area contributed by atoms with Crippen LogP contribution in [0, 0.1) is 6.92 Å². The Labute approximate surface area is 143 Å². The van der Waals surface area contributed by atoms with Crippen LogP contribution in [0.4, 0.5) is 0 Å². The highest BCUT2D eigenvalue weighted by Gasteiger charge is 2.13. The maximum Gasteiger partial charge on any atom is 0.247 e. The van der Waals surface area contributed by atoms with Crippen molar-refractivity contribution >= 4 is 11.5 Å². The molecule has 4 nitrogen and oxygen atoms in total. The number of nitrogens with zero attached hydrogens (tertiary/aromatic N) is 2. The van der Waals surface area contributed by atoms with Crippen molar-refractivity contribution in [2.75, 3.05) is 13.2 Å². The van der Waals surface area contributed by atoms with Crippen LogP contribution in [-0.2, 0) is 11.3 Å². The molecule has 0 spiro atoms. The Balaban J connectivity index is 2.19. The molecule has 0 aliphatic rings. The first-order valence-electron chi connectivity index (χ1n) is 8.20. The third kappa shape index (κ3) is 5.03. The van der Waals surface area contributed by atoms with Gasteiger partial charge in [-0.1, -0.05) is 42.8 Å². The topological polar surface area (TPSA) is 53.4 Å².